The zero-order valence-corrected chi connectivity index (χ0v) is 16.6. The third-order valence-corrected chi connectivity index (χ3v) is 4.06. The number of carbonyl (C=O) groups excluding carboxylic acids is 2. The number of esters is 2. The Hall–Kier alpha value is -1.47. The van der Waals surface area contributed by atoms with Crippen LogP contribution in [0.2, 0.25) is 0 Å². The first kappa shape index (κ1) is 21.6. The summed E-state index contributed by atoms with van der Waals surface area (Å²) in [6, 6.07) is 6.57. The number of nitrogens with one attached hydrogen (secondary N) is 1. The van der Waals surface area contributed by atoms with E-state index in [0.29, 0.717) is 6.42 Å². The number of benzene rings is 1. The monoisotopic (exact) mass is 417 g/mol. The number of halogens is 2. The summed E-state index contributed by atoms with van der Waals surface area (Å²) in [7, 11) is 1.29. The second-order valence-corrected chi connectivity index (χ2v) is 7.72. The van der Waals surface area contributed by atoms with Crippen molar-refractivity contribution in [2.45, 2.75) is 43.7 Å². The van der Waals surface area contributed by atoms with E-state index in [1.54, 1.807) is 26.8 Å². The molecule has 140 valence electrons. The van der Waals surface area contributed by atoms with Crippen molar-refractivity contribution in [1.29, 1.82) is 0 Å². The number of carbonyl (C=O) groups is 2. The van der Waals surface area contributed by atoms with E-state index in [1.807, 2.05) is 18.2 Å². The first-order chi connectivity index (χ1) is 11.7. The molecule has 0 spiro atoms. The predicted octanol–water partition coefficient (Wildman–Crippen LogP) is 3.11. The number of rotatable bonds is 8. The Kier molecular flexibility index (Phi) is 8.52. The Labute approximate surface area is 156 Å². The van der Waals surface area contributed by atoms with Gasteiger partial charge >= 0.3 is 11.9 Å². The van der Waals surface area contributed by atoms with Crippen molar-refractivity contribution in [3.05, 3.63) is 35.4 Å². The van der Waals surface area contributed by atoms with Crippen LogP contribution >= 0.6 is 15.9 Å². The van der Waals surface area contributed by atoms with Crippen LogP contribution in [-0.2, 0) is 25.5 Å². The van der Waals surface area contributed by atoms with E-state index in [1.165, 1.54) is 7.11 Å². The number of alkyl halides is 2. The van der Waals surface area contributed by atoms with Crippen LogP contribution < -0.4 is 5.32 Å². The lowest BCUT2D eigenvalue weighted by Gasteiger charge is -2.21. The van der Waals surface area contributed by atoms with Crippen LogP contribution in [0.4, 0.5) is 4.39 Å². The highest BCUT2D eigenvalue weighted by Gasteiger charge is 2.23. The van der Waals surface area contributed by atoms with Crippen molar-refractivity contribution >= 4 is 27.9 Å². The summed E-state index contributed by atoms with van der Waals surface area (Å²) in [4.78, 5) is 23.4. The fourth-order valence-electron chi connectivity index (χ4n) is 2.20. The van der Waals surface area contributed by atoms with E-state index in [0.717, 1.165) is 11.1 Å². The van der Waals surface area contributed by atoms with Crippen molar-refractivity contribution in [2.75, 3.05) is 20.3 Å². The molecule has 5 nitrogen and oxygen atoms in total. The van der Waals surface area contributed by atoms with E-state index in [9.17, 15) is 14.0 Å². The molecule has 7 heteroatoms. The minimum Gasteiger partial charge on any atom is -0.468 e. The predicted molar refractivity (Wildman–Crippen MR) is 97.4 cm³/mol. The van der Waals surface area contributed by atoms with Gasteiger partial charge in [0.15, 0.2) is 0 Å². The van der Waals surface area contributed by atoms with Crippen molar-refractivity contribution < 1.29 is 23.5 Å². The summed E-state index contributed by atoms with van der Waals surface area (Å²) in [5, 5.41) is 2.87. The molecule has 0 heterocycles. The average molecular weight is 418 g/mol. The van der Waals surface area contributed by atoms with Gasteiger partial charge in [0.2, 0.25) is 0 Å². The molecule has 0 saturated carbocycles. The molecule has 0 unspecified atom stereocenters. The topological polar surface area (TPSA) is 64.6 Å². The largest absolute Gasteiger partial charge is 0.468 e. The van der Waals surface area contributed by atoms with Gasteiger partial charge in [-0.05, 0) is 38.3 Å². The van der Waals surface area contributed by atoms with E-state index >= 15 is 0 Å². The Morgan fingerprint density at radius 1 is 1.32 bits per heavy atom. The molecule has 0 saturated heterocycles. The molecule has 0 amide bonds. The van der Waals surface area contributed by atoms with Crippen LogP contribution in [0.15, 0.2) is 24.3 Å². The molecule has 0 aromatic heterocycles. The molecule has 0 radical (unpaired) electrons. The van der Waals surface area contributed by atoms with Gasteiger partial charge < -0.3 is 9.47 Å². The summed E-state index contributed by atoms with van der Waals surface area (Å²) in [6.45, 7) is 4.68. The smallest absolute Gasteiger partial charge is 0.323 e. The average Bonchev–Trinajstić information content (AvgIpc) is 2.55. The maximum atomic E-state index is 12.8. The van der Waals surface area contributed by atoms with Crippen LogP contribution in [0, 0.1) is 0 Å². The maximum absolute atomic E-state index is 12.8. The third kappa shape index (κ3) is 7.96. The maximum Gasteiger partial charge on any atom is 0.323 e. The molecule has 0 aliphatic heterocycles. The lowest BCUT2D eigenvalue weighted by Crippen LogP contribution is -2.43. The van der Waals surface area contributed by atoms with E-state index in [2.05, 4.69) is 21.2 Å². The highest BCUT2D eigenvalue weighted by molar-refractivity contribution is 9.09. The number of hydrogen-bond donors (Lipinski definition) is 1. The van der Waals surface area contributed by atoms with Gasteiger partial charge in [0.05, 0.1) is 18.5 Å². The Morgan fingerprint density at radius 3 is 2.56 bits per heavy atom. The van der Waals surface area contributed by atoms with Crippen LogP contribution in [-0.4, -0.2) is 43.9 Å². The zero-order valence-electron chi connectivity index (χ0n) is 15.0. The highest BCUT2D eigenvalue weighted by atomic mass is 79.9. The number of hydrogen-bond acceptors (Lipinski definition) is 5. The van der Waals surface area contributed by atoms with E-state index < -0.39 is 35.1 Å². The third-order valence-electron chi connectivity index (χ3n) is 3.29. The molecular weight excluding hydrogens is 393 g/mol. The van der Waals surface area contributed by atoms with Crippen LogP contribution in [0.1, 0.15) is 36.7 Å². The second kappa shape index (κ2) is 9.87. The molecule has 1 aromatic carbocycles. The Bertz CT molecular complexity index is 589. The van der Waals surface area contributed by atoms with Crippen LogP contribution in [0.5, 0.6) is 0 Å². The summed E-state index contributed by atoms with van der Waals surface area (Å²) >= 11 is 3.26. The Morgan fingerprint density at radius 2 is 2.00 bits per heavy atom. The van der Waals surface area contributed by atoms with Gasteiger partial charge in [-0.2, -0.15) is 0 Å². The summed E-state index contributed by atoms with van der Waals surface area (Å²) in [5.74, 6) is -0.928. The molecule has 0 aliphatic carbocycles. The minimum atomic E-state index is -0.702. The van der Waals surface area contributed by atoms with Gasteiger partial charge in [0.1, 0.15) is 18.3 Å². The lowest BCUT2D eigenvalue weighted by molar-refractivity contribution is -0.154. The summed E-state index contributed by atoms with van der Waals surface area (Å²) < 4.78 is 22.8. The van der Waals surface area contributed by atoms with Crippen molar-refractivity contribution in [3.63, 3.8) is 0 Å². The molecule has 0 bridgehead atoms. The Balaban J connectivity index is 2.77. The normalized spacial score (nSPS) is 13.8. The van der Waals surface area contributed by atoms with Gasteiger partial charge in [0.25, 0.3) is 0 Å². The van der Waals surface area contributed by atoms with Gasteiger partial charge in [0, 0.05) is 0 Å². The number of methoxy groups -OCH3 is 1. The highest BCUT2D eigenvalue weighted by Crippen LogP contribution is 2.24. The molecule has 0 fully saturated rings. The molecule has 1 N–H and O–H groups in total. The van der Waals surface area contributed by atoms with E-state index in [4.69, 9.17) is 9.47 Å². The summed E-state index contributed by atoms with van der Waals surface area (Å²) in [5.41, 5.74) is 1.03. The first-order valence-electron chi connectivity index (χ1n) is 7.98. The fourth-order valence-corrected chi connectivity index (χ4v) is 2.49. The molecule has 25 heavy (non-hydrogen) atoms. The van der Waals surface area contributed by atoms with E-state index in [-0.39, 0.29) is 6.54 Å². The molecule has 1 aromatic rings. The van der Waals surface area contributed by atoms with Crippen molar-refractivity contribution in [1.82, 2.24) is 5.32 Å². The van der Waals surface area contributed by atoms with Gasteiger partial charge in [-0.15, -0.1) is 0 Å². The second-order valence-electron chi connectivity index (χ2n) is 6.61. The molecule has 0 aliphatic rings. The van der Waals surface area contributed by atoms with Gasteiger partial charge in [-0.1, -0.05) is 40.2 Å². The van der Waals surface area contributed by atoms with Gasteiger partial charge in [-0.3, -0.25) is 14.9 Å². The lowest BCUT2D eigenvalue weighted by atomic mass is 10.0. The first-order valence-corrected chi connectivity index (χ1v) is 8.89. The summed E-state index contributed by atoms with van der Waals surface area (Å²) in [6.07, 6.45) is 0.315. The molecular formula is C18H25BrFNO4. The van der Waals surface area contributed by atoms with Crippen molar-refractivity contribution in [3.8, 4) is 0 Å². The quantitative estimate of drug-likeness (QED) is 0.519. The van der Waals surface area contributed by atoms with Gasteiger partial charge in [-0.25, -0.2) is 4.39 Å². The standard InChI is InChI=1S/C18H25BrFNO4/c1-18(2,3)25-16(22)11-21-15(17(23)24-4)9-12-6-5-7-13(8-12)14(19)10-20/h5-8,14-15,21H,9-11H2,1-4H3/t14-,15+/m1/s1. The SMILES string of the molecule is COC(=O)[C@H](Cc1cccc([C@H](Br)CF)c1)NCC(=O)OC(C)(C)C. The van der Waals surface area contributed by atoms with Crippen LogP contribution in [0.3, 0.4) is 0 Å². The zero-order chi connectivity index (χ0) is 19.0. The van der Waals surface area contributed by atoms with Crippen LogP contribution in [0.25, 0.3) is 0 Å². The molecule has 2 atom stereocenters. The number of ether oxygens (including phenoxy) is 2. The molecule has 1 rings (SSSR count). The minimum absolute atomic E-state index is 0.109. The fraction of sp³-hybridized carbons (Fsp3) is 0.556. The van der Waals surface area contributed by atoms with Crippen molar-refractivity contribution in [2.24, 2.45) is 0 Å².